The Balaban J connectivity index is 0.00000232. The van der Waals surface area contributed by atoms with E-state index in [4.69, 9.17) is 4.74 Å². The van der Waals surface area contributed by atoms with Crippen molar-refractivity contribution < 1.29 is 4.74 Å². The minimum atomic E-state index is -0.0477. The predicted molar refractivity (Wildman–Crippen MR) is 105 cm³/mol. The second-order valence-corrected chi connectivity index (χ2v) is 8.97. The first-order chi connectivity index (χ1) is 10.5. The molecule has 1 atom stereocenters. The third-order valence-electron chi connectivity index (χ3n) is 4.67. The summed E-state index contributed by atoms with van der Waals surface area (Å²) in [6.45, 7) is 22.2. The third-order valence-corrected chi connectivity index (χ3v) is 4.67. The van der Waals surface area contributed by atoms with Gasteiger partial charge in [-0.05, 0) is 55.9 Å². The topological polar surface area (TPSA) is 9.23 Å². The quantitative estimate of drug-likeness (QED) is 0.497. The highest BCUT2D eigenvalue weighted by Crippen LogP contribution is 2.35. The first-order valence-electron chi connectivity index (χ1n) is 9.52. The molecule has 0 aromatic heterocycles. The highest BCUT2D eigenvalue weighted by Gasteiger charge is 2.27. The number of hydrogen-bond donors (Lipinski definition) is 0. The Kier molecular flexibility index (Phi) is 8.84. The fourth-order valence-corrected chi connectivity index (χ4v) is 2.54. The summed E-state index contributed by atoms with van der Waals surface area (Å²) in [4.78, 5) is 0. The van der Waals surface area contributed by atoms with Crippen LogP contribution < -0.4 is 0 Å². The molecule has 1 aliphatic carbocycles. The number of rotatable bonds is 6. The van der Waals surface area contributed by atoms with Crippen LogP contribution in [0.15, 0.2) is 23.8 Å². The monoisotopic (exact) mass is 322 g/mol. The molecule has 0 spiro atoms. The van der Waals surface area contributed by atoms with Gasteiger partial charge in [-0.3, -0.25) is 0 Å². The van der Waals surface area contributed by atoms with Crippen LogP contribution in [-0.4, -0.2) is 11.7 Å². The molecule has 0 aromatic carbocycles. The summed E-state index contributed by atoms with van der Waals surface area (Å²) in [5, 5.41) is 0. The van der Waals surface area contributed by atoms with Crippen molar-refractivity contribution in [3.05, 3.63) is 23.8 Å². The molecule has 0 aromatic rings. The van der Waals surface area contributed by atoms with Gasteiger partial charge in [-0.25, -0.2) is 0 Å². The second kappa shape index (κ2) is 9.06. The number of hydrogen-bond acceptors (Lipinski definition) is 1. The maximum Gasteiger partial charge on any atom is 0.0800 e. The van der Waals surface area contributed by atoms with Gasteiger partial charge in [0.15, 0.2) is 0 Å². The zero-order valence-corrected chi connectivity index (χ0v) is 17.5. The van der Waals surface area contributed by atoms with Crippen molar-refractivity contribution in [2.75, 3.05) is 0 Å². The van der Waals surface area contributed by atoms with Crippen LogP contribution in [0.1, 0.15) is 94.9 Å². The molecule has 23 heavy (non-hydrogen) atoms. The van der Waals surface area contributed by atoms with Gasteiger partial charge in [0.1, 0.15) is 0 Å². The van der Waals surface area contributed by atoms with E-state index in [1.165, 1.54) is 18.4 Å². The fraction of sp³-hybridized carbons (Fsp3) is 0.818. The van der Waals surface area contributed by atoms with E-state index in [1.54, 1.807) is 0 Å². The van der Waals surface area contributed by atoms with E-state index in [-0.39, 0.29) is 17.1 Å². The average Bonchev–Trinajstić information content (AvgIpc) is 2.47. The maximum atomic E-state index is 6.34. The Hall–Kier alpha value is -0.560. The molecular weight excluding hydrogens is 280 g/mol. The average molecular weight is 323 g/mol. The van der Waals surface area contributed by atoms with E-state index < -0.39 is 0 Å². The van der Waals surface area contributed by atoms with Crippen molar-refractivity contribution in [1.29, 1.82) is 0 Å². The van der Waals surface area contributed by atoms with Gasteiger partial charge in [0.2, 0.25) is 0 Å². The van der Waals surface area contributed by atoms with Crippen molar-refractivity contribution in [3.8, 4) is 0 Å². The van der Waals surface area contributed by atoms with Crippen molar-refractivity contribution in [2.24, 2.45) is 10.8 Å². The summed E-state index contributed by atoms with van der Waals surface area (Å²) in [6.07, 6.45) is 11.6. The maximum absolute atomic E-state index is 6.34. The van der Waals surface area contributed by atoms with Crippen LogP contribution >= 0.6 is 0 Å². The number of ether oxygens (including phenoxy) is 1. The van der Waals surface area contributed by atoms with Gasteiger partial charge in [0.05, 0.1) is 11.7 Å². The van der Waals surface area contributed by atoms with Crippen molar-refractivity contribution in [3.63, 3.8) is 0 Å². The van der Waals surface area contributed by atoms with Crippen LogP contribution in [0.5, 0.6) is 0 Å². The van der Waals surface area contributed by atoms with Gasteiger partial charge in [-0.1, -0.05) is 73.6 Å². The molecule has 1 nitrogen and oxygen atoms in total. The lowest BCUT2D eigenvalue weighted by Crippen LogP contribution is -2.32. The van der Waals surface area contributed by atoms with Crippen molar-refractivity contribution in [1.82, 2.24) is 0 Å². The molecule has 0 aliphatic heterocycles. The van der Waals surface area contributed by atoms with Crippen LogP contribution in [0.4, 0.5) is 0 Å². The Bertz CT molecular complexity index is 391. The lowest BCUT2D eigenvalue weighted by molar-refractivity contribution is -0.0602. The van der Waals surface area contributed by atoms with E-state index in [1.807, 2.05) is 13.8 Å². The molecule has 1 heteroatoms. The molecule has 0 heterocycles. The van der Waals surface area contributed by atoms with Crippen molar-refractivity contribution in [2.45, 2.75) is 107 Å². The first kappa shape index (κ1) is 22.4. The van der Waals surface area contributed by atoms with E-state index in [0.29, 0.717) is 5.41 Å². The fourth-order valence-electron chi connectivity index (χ4n) is 2.54. The molecule has 136 valence electrons. The van der Waals surface area contributed by atoms with Crippen LogP contribution in [0.2, 0.25) is 0 Å². The molecule has 0 saturated heterocycles. The summed E-state index contributed by atoms with van der Waals surface area (Å²) in [5.74, 6) is 0. The highest BCUT2D eigenvalue weighted by atomic mass is 16.5. The first-order valence-corrected chi connectivity index (χ1v) is 9.52. The van der Waals surface area contributed by atoms with E-state index in [0.717, 1.165) is 12.8 Å². The van der Waals surface area contributed by atoms with Crippen LogP contribution in [0.3, 0.4) is 0 Å². The number of allylic oxidation sites excluding steroid dienone is 2. The molecule has 0 amide bonds. The normalized spacial score (nSPS) is 19.0. The Morgan fingerprint density at radius 2 is 1.57 bits per heavy atom. The molecule has 1 unspecified atom stereocenters. The molecule has 0 saturated carbocycles. The minimum Gasteiger partial charge on any atom is -0.368 e. The Morgan fingerprint density at radius 1 is 1.00 bits per heavy atom. The second-order valence-electron chi connectivity index (χ2n) is 8.97. The Labute approximate surface area is 146 Å². The van der Waals surface area contributed by atoms with Gasteiger partial charge in [0.25, 0.3) is 0 Å². The standard InChI is InChI=1S/C20H36O.C2H6/c1-9-19(5,6)16-10-12-17(13-11-16)21-20(7,8)15-14-18(2,3)4;1-2/h10-12,17H,9,13-15H2,1-8H3;1-2H3. The molecule has 1 rings (SSSR count). The molecular formula is C22H42O. The Morgan fingerprint density at radius 3 is 1.96 bits per heavy atom. The molecule has 1 aliphatic rings. The van der Waals surface area contributed by atoms with Gasteiger partial charge in [0, 0.05) is 0 Å². The van der Waals surface area contributed by atoms with E-state index >= 15 is 0 Å². The van der Waals surface area contributed by atoms with Crippen molar-refractivity contribution >= 4 is 0 Å². The zero-order valence-electron chi connectivity index (χ0n) is 17.5. The van der Waals surface area contributed by atoms with Crippen LogP contribution in [-0.2, 0) is 4.74 Å². The summed E-state index contributed by atoms with van der Waals surface area (Å²) >= 11 is 0. The molecule has 0 radical (unpaired) electrons. The molecule has 0 fully saturated rings. The summed E-state index contributed by atoms with van der Waals surface area (Å²) in [6, 6.07) is 0. The summed E-state index contributed by atoms with van der Waals surface area (Å²) in [5.41, 5.74) is 2.07. The largest absolute Gasteiger partial charge is 0.368 e. The zero-order chi connectivity index (χ0) is 18.3. The lowest BCUT2D eigenvalue weighted by Gasteiger charge is -2.34. The van der Waals surface area contributed by atoms with E-state index in [2.05, 4.69) is 73.6 Å². The van der Waals surface area contributed by atoms with Crippen LogP contribution in [0.25, 0.3) is 0 Å². The smallest absolute Gasteiger partial charge is 0.0800 e. The van der Waals surface area contributed by atoms with Gasteiger partial charge in [-0.2, -0.15) is 0 Å². The van der Waals surface area contributed by atoms with Gasteiger partial charge < -0.3 is 4.74 Å². The third kappa shape index (κ3) is 8.74. The predicted octanol–water partition coefficient (Wildman–Crippen LogP) is 7.33. The lowest BCUT2D eigenvalue weighted by atomic mass is 9.79. The van der Waals surface area contributed by atoms with Gasteiger partial charge in [-0.15, -0.1) is 0 Å². The molecule has 0 bridgehead atoms. The molecule has 0 N–H and O–H groups in total. The van der Waals surface area contributed by atoms with Crippen LogP contribution in [0, 0.1) is 10.8 Å². The van der Waals surface area contributed by atoms with E-state index in [9.17, 15) is 0 Å². The summed E-state index contributed by atoms with van der Waals surface area (Å²) in [7, 11) is 0. The minimum absolute atomic E-state index is 0.0477. The highest BCUT2D eigenvalue weighted by molar-refractivity contribution is 5.29. The van der Waals surface area contributed by atoms with Gasteiger partial charge >= 0.3 is 0 Å². The SMILES string of the molecule is CC.CCC(C)(C)C1=CCC(OC(C)(C)CCC(C)(C)C)C=C1. The summed E-state index contributed by atoms with van der Waals surface area (Å²) < 4.78 is 6.34.